The van der Waals surface area contributed by atoms with Gasteiger partial charge in [0.15, 0.2) is 6.10 Å². The smallest absolute Gasteiger partial charge is 0.306 e. The van der Waals surface area contributed by atoms with Crippen LogP contribution in [0.25, 0.3) is 0 Å². The lowest BCUT2D eigenvalue weighted by atomic mass is 10.0. The molecule has 0 heterocycles. The topological polar surface area (TPSA) is 78.9 Å². The summed E-state index contributed by atoms with van der Waals surface area (Å²) in [7, 11) is 0. The SMILES string of the molecule is CCCCCCC/C=C\C/C=C\CCCCCCCCCCCCCCCCCCCCCCCCCC(=O)OCC(COC(=O)CCCCCCCCC)OC(=O)CCCCCCCCCCCCCCCCCCCCCCCCC. The Kier molecular flexibility index (Phi) is 70.5. The minimum Gasteiger partial charge on any atom is -0.462 e. The number of rotatable bonds is 71. The molecule has 83 heavy (non-hydrogen) atoms. The van der Waals surface area contributed by atoms with Crippen LogP contribution < -0.4 is 0 Å². The minimum absolute atomic E-state index is 0.0632. The molecule has 1 unspecified atom stereocenters. The summed E-state index contributed by atoms with van der Waals surface area (Å²) >= 11 is 0. The highest BCUT2D eigenvalue weighted by atomic mass is 16.6. The average Bonchev–Trinajstić information content (AvgIpc) is 3.49. The summed E-state index contributed by atoms with van der Waals surface area (Å²) in [6.07, 6.45) is 89.9. The molecule has 0 rings (SSSR count). The third-order valence-electron chi connectivity index (χ3n) is 17.5. The molecule has 490 valence electrons. The largest absolute Gasteiger partial charge is 0.462 e. The first-order valence-corrected chi connectivity index (χ1v) is 37.8. The molecule has 0 aromatic heterocycles. The van der Waals surface area contributed by atoms with E-state index in [4.69, 9.17) is 14.2 Å². The van der Waals surface area contributed by atoms with Gasteiger partial charge in [-0.15, -0.1) is 0 Å². The summed E-state index contributed by atoms with van der Waals surface area (Å²) in [4.78, 5) is 38.2. The molecule has 0 bridgehead atoms. The van der Waals surface area contributed by atoms with Gasteiger partial charge in [0, 0.05) is 19.3 Å². The fraction of sp³-hybridized carbons (Fsp3) is 0.909. The number of allylic oxidation sites excluding steroid dienone is 4. The summed E-state index contributed by atoms with van der Waals surface area (Å²) in [6.45, 7) is 6.67. The second-order valence-electron chi connectivity index (χ2n) is 25.9. The third kappa shape index (κ3) is 70.5. The Morgan fingerprint density at radius 3 is 0.663 bits per heavy atom. The van der Waals surface area contributed by atoms with E-state index in [0.29, 0.717) is 19.3 Å². The van der Waals surface area contributed by atoms with Gasteiger partial charge < -0.3 is 14.2 Å². The van der Waals surface area contributed by atoms with Crippen LogP contribution in [0.2, 0.25) is 0 Å². The van der Waals surface area contributed by atoms with Crippen molar-refractivity contribution in [2.24, 2.45) is 0 Å². The summed E-state index contributed by atoms with van der Waals surface area (Å²) in [5, 5.41) is 0. The third-order valence-corrected chi connectivity index (χ3v) is 17.5. The fourth-order valence-electron chi connectivity index (χ4n) is 11.8. The van der Waals surface area contributed by atoms with Crippen molar-refractivity contribution >= 4 is 17.9 Å². The molecule has 0 radical (unpaired) electrons. The van der Waals surface area contributed by atoms with E-state index in [-0.39, 0.29) is 31.1 Å². The molecular weight excluding hydrogens is 1020 g/mol. The molecule has 0 saturated heterocycles. The van der Waals surface area contributed by atoms with E-state index in [2.05, 4.69) is 45.1 Å². The lowest BCUT2D eigenvalue weighted by molar-refractivity contribution is -0.167. The van der Waals surface area contributed by atoms with E-state index < -0.39 is 6.10 Å². The molecule has 0 spiro atoms. The summed E-state index contributed by atoms with van der Waals surface area (Å²) in [5.41, 5.74) is 0. The molecule has 6 heteroatoms. The Labute approximate surface area is 519 Å². The van der Waals surface area contributed by atoms with Crippen LogP contribution in [0.15, 0.2) is 24.3 Å². The zero-order chi connectivity index (χ0) is 59.9. The second-order valence-corrected chi connectivity index (χ2v) is 25.9. The highest BCUT2D eigenvalue weighted by Gasteiger charge is 2.20. The minimum atomic E-state index is -0.764. The molecule has 0 saturated carbocycles. The Morgan fingerprint density at radius 2 is 0.434 bits per heavy atom. The van der Waals surface area contributed by atoms with Crippen LogP contribution in [0.5, 0.6) is 0 Å². The molecule has 0 aromatic rings. The van der Waals surface area contributed by atoms with Crippen LogP contribution in [0.4, 0.5) is 0 Å². The Bertz CT molecular complexity index is 1340. The fourth-order valence-corrected chi connectivity index (χ4v) is 11.8. The molecule has 0 amide bonds. The van der Waals surface area contributed by atoms with E-state index in [9.17, 15) is 14.4 Å². The summed E-state index contributed by atoms with van der Waals surface area (Å²) < 4.78 is 16.9. The lowest BCUT2D eigenvalue weighted by Gasteiger charge is -2.18. The number of hydrogen-bond acceptors (Lipinski definition) is 6. The Balaban J connectivity index is 3.92. The van der Waals surface area contributed by atoms with E-state index in [0.717, 1.165) is 64.2 Å². The van der Waals surface area contributed by atoms with Crippen molar-refractivity contribution in [2.75, 3.05) is 13.2 Å². The van der Waals surface area contributed by atoms with Gasteiger partial charge in [0.1, 0.15) is 13.2 Å². The molecule has 0 aliphatic heterocycles. The summed E-state index contributed by atoms with van der Waals surface area (Å²) in [5.74, 6) is -0.836. The van der Waals surface area contributed by atoms with Gasteiger partial charge in [-0.25, -0.2) is 0 Å². The van der Waals surface area contributed by atoms with Gasteiger partial charge in [-0.2, -0.15) is 0 Å². The van der Waals surface area contributed by atoms with Crippen LogP contribution in [-0.4, -0.2) is 37.2 Å². The molecule has 1 atom stereocenters. The molecule has 0 aliphatic rings. The normalized spacial score (nSPS) is 12.1. The molecule has 0 aliphatic carbocycles. The van der Waals surface area contributed by atoms with Crippen molar-refractivity contribution in [3.8, 4) is 0 Å². The quantitative estimate of drug-likeness (QED) is 0.0261. The molecule has 0 N–H and O–H groups in total. The first kappa shape index (κ1) is 80.9. The van der Waals surface area contributed by atoms with Crippen molar-refractivity contribution in [2.45, 2.75) is 438 Å². The predicted octanol–water partition coefficient (Wildman–Crippen LogP) is 26.1. The zero-order valence-corrected chi connectivity index (χ0v) is 56.5. The Morgan fingerprint density at radius 1 is 0.241 bits per heavy atom. The van der Waals surface area contributed by atoms with Crippen LogP contribution in [0.1, 0.15) is 432 Å². The molecular formula is C77H146O6. The molecule has 6 nitrogen and oxygen atoms in total. The van der Waals surface area contributed by atoms with E-state index >= 15 is 0 Å². The standard InChI is InChI=1S/C77H146O6/c1-4-7-10-13-16-18-20-22-24-26-28-30-32-33-34-35-36-37-38-39-40-41-42-43-45-46-48-50-52-54-56-58-61-64-67-70-76(79)82-73-74(72-81-75(78)69-66-63-60-15-12-9-6-3)83-77(80)71-68-65-62-59-57-55-53-51-49-47-44-31-29-27-25-23-21-19-17-14-11-8-5-2/h20,22,26,28,74H,4-19,21,23-25,27,29-73H2,1-3H3/b22-20-,28-26-. The number of ether oxygens (including phenoxy) is 3. The first-order chi connectivity index (χ1) is 41.0. The maximum Gasteiger partial charge on any atom is 0.306 e. The van der Waals surface area contributed by atoms with Gasteiger partial charge in [0.2, 0.25) is 0 Å². The van der Waals surface area contributed by atoms with Crippen LogP contribution in [-0.2, 0) is 28.6 Å². The van der Waals surface area contributed by atoms with Gasteiger partial charge in [0.05, 0.1) is 0 Å². The van der Waals surface area contributed by atoms with Crippen LogP contribution in [0, 0.1) is 0 Å². The number of esters is 3. The number of carbonyl (C=O) groups is 3. The van der Waals surface area contributed by atoms with Crippen molar-refractivity contribution in [3.05, 3.63) is 24.3 Å². The van der Waals surface area contributed by atoms with Crippen LogP contribution in [0.3, 0.4) is 0 Å². The number of hydrogen-bond donors (Lipinski definition) is 0. The van der Waals surface area contributed by atoms with Crippen molar-refractivity contribution < 1.29 is 28.6 Å². The first-order valence-electron chi connectivity index (χ1n) is 37.8. The van der Waals surface area contributed by atoms with Gasteiger partial charge in [-0.3, -0.25) is 14.4 Å². The predicted molar refractivity (Wildman–Crippen MR) is 363 cm³/mol. The van der Waals surface area contributed by atoms with Gasteiger partial charge in [-0.1, -0.05) is 385 Å². The monoisotopic (exact) mass is 1170 g/mol. The van der Waals surface area contributed by atoms with Gasteiger partial charge >= 0.3 is 17.9 Å². The highest BCUT2D eigenvalue weighted by Crippen LogP contribution is 2.20. The number of unbranched alkanes of at least 4 members (excludes halogenated alkanes) is 56. The van der Waals surface area contributed by atoms with Gasteiger partial charge in [0.25, 0.3) is 0 Å². The van der Waals surface area contributed by atoms with Crippen molar-refractivity contribution in [3.63, 3.8) is 0 Å². The number of carbonyl (C=O) groups excluding carboxylic acids is 3. The van der Waals surface area contributed by atoms with Crippen molar-refractivity contribution in [1.29, 1.82) is 0 Å². The zero-order valence-electron chi connectivity index (χ0n) is 56.5. The van der Waals surface area contributed by atoms with E-state index in [1.165, 1.54) is 327 Å². The maximum absolute atomic E-state index is 12.9. The second kappa shape index (κ2) is 72.4. The Hall–Kier alpha value is -2.11. The van der Waals surface area contributed by atoms with Crippen molar-refractivity contribution in [1.82, 2.24) is 0 Å². The molecule has 0 aromatic carbocycles. The summed E-state index contributed by atoms with van der Waals surface area (Å²) in [6, 6.07) is 0. The van der Waals surface area contributed by atoms with Gasteiger partial charge in [-0.05, 0) is 51.4 Å². The average molecular weight is 1170 g/mol. The highest BCUT2D eigenvalue weighted by molar-refractivity contribution is 5.71. The van der Waals surface area contributed by atoms with E-state index in [1.807, 2.05) is 0 Å². The lowest BCUT2D eigenvalue weighted by Crippen LogP contribution is -2.30. The van der Waals surface area contributed by atoms with E-state index in [1.54, 1.807) is 0 Å². The van der Waals surface area contributed by atoms with Crippen LogP contribution >= 0.6 is 0 Å². The molecule has 0 fully saturated rings. The maximum atomic E-state index is 12.9.